The van der Waals surface area contributed by atoms with E-state index in [9.17, 15) is 4.79 Å². The van der Waals surface area contributed by atoms with Gasteiger partial charge in [0.1, 0.15) is 11.5 Å². The normalized spacial score (nSPS) is 24.9. The minimum Gasteiger partial charge on any atom is -0.455 e. The molecule has 2 nitrogen and oxygen atoms in total. The maximum absolute atomic E-state index is 12.2. The zero-order chi connectivity index (χ0) is 14.2. The van der Waals surface area contributed by atoms with Crippen LogP contribution in [0.15, 0.2) is 54.6 Å². The van der Waals surface area contributed by atoms with E-state index in [-0.39, 0.29) is 12.1 Å². The predicted molar refractivity (Wildman–Crippen MR) is 78.7 cm³/mol. The van der Waals surface area contributed by atoms with Gasteiger partial charge in [-0.25, -0.2) is 0 Å². The smallest absolute Gasteiger partial charge is 0.321 e. The lowest BCUT2D eigenvalue weighted by molar-refractivity contribution is -0.193. The Bertz CT molecular complexity index is 638. The molecule has 1 aliphatic rings. The number of halogens is 1. The number of rotatable bonds is 3. The fourth-order valence-corrected chi connectivity index (χ4v) is 3.15. The first-order valence-electron chi connectivity index (χ1n) is 6.71. The lowest BCUT2D eigenvalue weighted by atomic mass is 9.67. The van der Waals surface area contributed by atoms with Gasteiger partial charge in [0, 0.05) is 10.6 Å². The van der Waals surface area contributed by atoms with Crippen LogP contribution in [0.1, 0.15) is 30.6 Å². The van der Waals surface area contributed by atoms with E-state index in [0.29, 0.717) is 11.4 Å². The standard InChI is InChI=1S/C17H15ClO2/c1-2-17(12-8-4-3-5-9-12)15(20-16(17)19)13-10-6-7-11-14(13)18/h3-11,15H,2H2,1H3/t15-,17-/m0/s1. The molecule has 0 N–H and O–H groups in total. The Labute approximate surface area is 123 Å². The zero-order valence-corrected chi connectivity index (χ0v) is 11.9. The van der Waals surface area contributed by atoms with Crippen molar-refractivity contribution in [2.45, 2.75) is 24.9 Å². The Morgan fingerprint density at radius 3 is 2.35 bits per heavy atom. The van der Waals surface area contributed by atoms with Crippen molar-refractivity contribution < 1.29 is 9.53 Å². The maximum atomic E-state index is 12.2. The van der Waals surface area contributed by atoms with Crippen molar-refractivity contribution >= 4 is 17.6 Å². The van der Waals surface area contributed by atoms with Crippen LogP contribution in [0.25, 0.3) is 0 Å². The molecule has 0 spiro atoms. The highest BCUT2D eigenvalue weighted by atomic mass is 35.5. The highest BCUT2D eigenvalue weighted by molar-refractivity contribution is 6.31. The summed E-state index contributed by atoms with van der Waals surface area (Å²) in [6.07, 6.45) is 0.377. The summed E-state index contributed by atoms with van der Waals surface area (Å²) < 4.78 is 5.44. The number of cyclic esters (lactones) is 1. The van der Waals surface area contributed by atoms with Crippen molar-refractivity contribution in [1.82, 2.24) is 0 Å². The fraction of sp³-hybridized carbons (Fsp3) is 0.235. The Hall–Kier alpha value is -1.80. The lowest BCUT2D eigenvalue weighted by Gasteiger charge is -2.47. The molecule has 1 fully saturated rings. The van der Waals surface area contributed by atoms with Crippen LogP contribution < -0.4 is 0 Å². The molecule has 0 aromatic heterocycles. The molecule has 1 aliphatic heterocycles. The summed E-state index contributed by atoms with van der Waals surface area (Å²) in [5.41, 5.74) is 1.25. The summed E-state index contributed by atoms with van der Waals surface area (Å²) in [7, 11) is 0. The summed E-state index contributed by atoms with van der Waals surface area (Å²) in [5.74, 6) is -0.170. The average Bonchev–Trinajstić information content (AvgIpc) is 2.48. The molecule has 2 atom stereocenters. The van der Waals surface area contributed by atoms with Gasteiger partial charge in [0.2, 0.25) is 0 Å². The first-order chi connectivity index (χ1) is 9.70. The number of esters is 1. The molecular formula is C17H15ClO2. The van der Waals surface area contributed by atoms with Gasteiger partial charge in [-0.05, 0) is 18.1 Å². The third-order valence-electron chi connectivity index (χ3n) is 4.07. The minimum atomic E-state index is -0.619. The molecule has 0 aliphatic carbocycles. The molecule has 3 rings (SSSR count). The second-order valence-corrected chi connectivity index (χ2v) is 5.40. The van der Waals surface area contributed by atoms with Crippen LogP contribution in [-0.2, 0) is 14.9 Å². The summed E-state index contributed by atoms with van der Waals surface area (Å²) in [4.78, 5) is 12.2. The number of hydrogen-bond acceptors (Lipinski definition) is 2. The predicted octanol–water partition coefficient (Wildman–Crippen LogP) is 4.29. The molecule has 0 amide bonds. The first kappa shape index (κ1) is 13.2. The van der Waals surface area contributed by atoms with E-state index in [1.54, 1.807) is 0 Å². The lowest BCUT2D eigenvalue weighted by Crippen LogP contribution is -2.54. The number of ether oxygens (including phenoxy) is 1. The molecule has 2 aromatic carbocycles. The highest BCUT2D eigenvalue weighted by Gasteiger charge is 2.58. The molecule has 20 heavy (non-hydrogen) atoms. The van der Waals surface area contributed by atoms with E-state index in [2.05, 4.69) is 0 Å². The summed E-state index contributed by atoms with van der Waals surface area (Å²) in [6, 6.07) is 17.3. The monoisotopic (exact) mass is 286 g/mol. The van der Waals surface area contributed by atoms with Gasteiger partial charge in [-0.3, -0.25) is 4.79 Å². The van der Waals surface area contributed by atoms with Crippen LogP contribution in [0.3, 0.4) is 0 Å². The van der Waals surface area contributed by atoms with Crippen molar-refractivity contribution in [3.05, 3.63) is 70.7 Å². The van der Waals surface area contributed by atoms with Gasteiger partial charge in [-0.1, -0.05) is 67.1 Å². The number of hydrogen-bond donors (Lipinski definition) is 0. The first-order valence-corrected chi connectivity index (χ1v) is 7.09. The molecular weight excluding hydrogens is 272 g/mol. The van der Waals surface area contributed by atoms with Crippen LogP contribution in [0.5, 0.6) is 0 Å². The topological polar surface area (TPSA) is 26.3 Å². The van der Waals surface area contributed by atoms with Crippen molar-refractivity contribution in [3.63, 3.8) is 0 Å². The summed E-state index contributed by atoms with van der Waals surface area (Å²) in [5, 5.41) is 0.638. The van der Waals surface area contributed by atoms with E-state index in [0.717, 1.165) is 11.1 Å². The fourth-order valence-electron chi connectivity index (χ4n) is 2.92. The van der Waals surface area contributed by atoms with Crippen LogP contribution in [0.2, 0.25) is 5.02 Å². The average molecular weight is 287 g/mol. The molecule has 1 heterocycles. The molecule has 0 bridgehead atoms. The second-order valence-electron chi connectivity index (χ2n) is 5.00. The van der Waals surface area contributed by atoms with Gasteiger partial charge in [-0.2, -0.15) is 0 Å². The molecule has 0 radical (unpaired) electrons. The number of carbonyl (C=O) groups is 1. The van der Waals surface area contributed by atoms with Crippen molar-refractivity contribution in [2.24, 2.45) is 0 Å². The molecule has 0 saturated carbocycles. The van der Waals surface area contributed by atoms with E-state index in [1.165, 1.54) is 0 Å². The minimum absolute atomic E-state index is 0.170. The number of benzene rings is 2. The Morgan fingerprint density at radius 2 is 1.75 bits per heavy atom. The van der Waals surface area contributed by atoms with Gasteiger partial charge >= 0.3 is 5.97 Å². The van der Waals surface area contributed by atoms with E-state index in [4.69, 9.17) is 16.3 Å². The van der Waals surface area contributed by atoms with Crippen LogP contribution in [0.4, 0.5) is 0 Å². The second kappa shape index (κ2) is 4.95. The molecule has 102 valence electrons. The Kier molecular flexibility index (Phi) is 3.27. The molecule has 1 saturated heterocycles. The quantitative estimate of drug-likeness (QED) is 0.787. The SMILES string of the molecule is CC[C@@]1(c2ccccc2)C(=O)O[C@H]1c1ccccc1Cl. The van der Waals surface area contributed by atoms with E-state index in [1.807, 2.05) is 61.5 Å². The Balaban J connectivity index is 2.10. The van der Waals surface area contributed by atoms with Crippen molar-refractivity contribution in [3.8, 4) is 0 Å². The van der Waals surface area contributed by atoms with E-state index >= 15 is 0 Å². The molecule has 2 aromatic rings. The Morgan fingerprint density at radius 1 is 1.10 bits per heavy atom. The highest BCUT2D eigenvalue weighted by Crippen LogP contribution is 2.52. The molecule has 3 heteroatoms. The summed E-state index contributed by atoms with van der Waals surface area (Å²) in [6.45, 7) is 2.01. The maximum Gasteiger partial charge on any atom is 0.321 e. The number of carbonyl (C=O) groups excluding carboxylic acids is 1. The summed E-state index contributed by atoms with van der Waals surface area (Å²) >= 11 is 6.26. The van der Waals surface area contributed by atoms with Gasteiger partial charge in [0.15, 0.2) is 0 Å². The third kappa shape index (κ3) is 1.75. The van der Waals surface area contributed by atoms with Gasteiger partial charge < -0.3 is 4.74 Å². The van der Waals surface area contributed by atoms with Crippen LogP contribution in [-0.4, -0.2) is 5.97 Å². The van der Waals surface area contributed by atoms with Crippen molar-refractivity contribution in [1.29, 1.82) is 0 Å². The van der Waals surface area contributed by atoms with Crippen molar-refractivity contribution in [2.75, 3.05) is 0 Å². The van der Waals surface area contributed by atoms with E-state index < -0.39 is 5.41 Å². The third-order valence-corrected chi connectivity index (χ3v) is 4.42. The molecule has 0 unspecified atom stereocenters. The van der Waals surface area contributed by atoms with Crippen LogP contribution >= 0.6 is 11.6 Å². The largest absolute Gasteiger partial charge is 0.455 e. The van der Waals surface area contributed by atoms with Gasteiger partial charge in [0.05, 0.1) is 0 Å². The zero-order valence-electron chi connectivity index (χ0n) is 11.2. The van der Waals surface area contributed by atoms with Gasteiger partial charge in [0.25, 0.3) is 0 Å². The van der Waals surface area contributed by atoms with Gasteiger partial charge in [-0.15, -0.1) is 0 Å². The van der Waals surface area contributed by atoms with Crippen LogP contribution in [0, 0.1) is 0 Å².